The summed E-state index contributed by atoms with van der Waals surface area (Å²) in [6, 6.07) is 4.14. The molecule has 120 valence electrons. The van der Waals surface area contributed by atoms with E-state index in [0.29, 0.717) is 12.3 Å². The first kappa shape index (κ1) is 15.8. The summed E-state index contributed by atoms with van der Waals surface area (Å²) in [5.41, 5.74) is -1.80. The number of rotatable bonds is 3. The van der Waals surface area contributed by atoms with Crippen LogP contribution in [0.25, 0.3) is 10.8 Å². The maximum absolute atomic E-state index is 12.8. The molecule has 0 aliphatic heterocycles. The van der Waals surface area contributed by atoms with Crippen LogP contribution in [0.15, 0.2) is 39.0 Å². The van der Waals surface area contributed by atoms with Crippen LogP contribution in [0.5, 0.6) is 0 Å². The maximum Gasteiger partial charge on any atom is 0.417 e. The highest BCUT2D eigenvalue weighted by Gasteiger charge is 2.32. The minimum absolute atomic E-state index is 0.00545. The van der Waals surface area contributed by atoms with Gasteiger partial charge in [0.05, 0.1) is 10.4 Å². The van der Waals surface area contributed by atoms with E-state index in [4.69, 9.17) is 16.0 Å². The maximum atomic E-state index is 12.8. The molecule has 0 spiro atoms. The van der Waals surface area contributed by atoms with Crippen molar-refractivity contribution in [2.75, 3.05) is 0 Å². The van der Waals surface area contributed by atoms with E-state index in [9.17, 15) is 18.0 Å². The number of aromatic nitrogens is 3. The van der Waals surface area contributed by atoms with Gasteiger partial charge in [-0.25, -0.2) is 0 Å². The molecule has 5 nitrogen and oxygen atoms in total. The molecule has 0 fully saturated rings. The molecule has 0 bridgehead atoms. The van der Waals surface area contributed by atoms with Crippen LogP contribution in [0.3, 0.4) is 0 Å². The first-order valence-corrected chi connectivity index (χ1v) is 7.44. The lowest BCUT2D eigenvalue weighted by Crippen LogP contribution is -2.23. The lowest BCUT2D eigenvalue weighted by molar-refractivity contribution is -0.138. The zero-order chi connectivity index (χ0) is 16.6. The Balaban J connectivity index is 1.94. The summed E-state index contributed by atoms with van der Waals surface area (Å²) in [7, 11) is 0. The molecule has 0 aromatic carbocycles. The molecular formula is C13H7ClF3N3O2S. The van der Waals surface area contributed by atoms with Gasteiger partial charge in [0.2, 0.25) is 5.89 Å². The van der Waals surface area contributed by atoms with Gasteiger partial charge in [0.15, 0.2) is 0 Å². The van der Waals surface area contributed by atoms with E-state index in [-0.39, 0.29) is 18.3 Å². The second kappa shape index (κ2) is 5.82. The second-order valence-corrected chi connectivity index (χ2v) is 5.84. The van der Waals surface area contributed by atoms with E-state index in [0.717, 1.165) is 9.44 Å². The van der Waals surface area contributed by atoms with E-state index in [1.54, 1.807) is 12.1 Å². The zero-order valence-electron chi connectivity index (χ0n) is 11.2. The Hall–Kier alpha value is -2.13. The third-order valence-corrected chi connectivity index (χ3v) is 4.00. The van der Waals surface area contributed by atoms with Gasteiger partial charge < -0.3 is 8.98 Å². The van der Waals surface area contributed by atoms with Crippen LogP contribution in [0.2, 0.25) is 5.02 Å². The second-order valence-electron chi connectivity index (χ2n) is 4.49. The van der Waals surface area contributed by atoms with Crippen LogP contribution < -0.4 is 5.56 Å². The molecule has 0 amide bonds. The number of hydrogen-bond donors (Lipinski definition) is 0. The van der Waals surface area contributed by atoms with E-state index >= 15 is 0 Å². The third-order valence-electron chi connectivity index (χ3n) is 2.87. The monoisotopic (exact) mass is 361 g/mol. The van der Waals surface area contributed by atoms with Gasteiger partial charge in [-0.1, -0.05) is 17.7 Å². The summed E-state index contributed by atoms with van der Waals surface area (Å²) < 4.78 is 44.5. The Kier molecular flexibility index (Phi) is 3.99. The summed E-state index contributed by atoms with van der Waals surface area (Å²) >= 11 is 6.95. The number of thiophene rings is 1. The minimum atomic E-state index is -4.62. The van der Waals surface area contributed by atoms with Gasteiger partial charge in [-0.15, -0.1) is 21.5 Å². The van der Waals surface area contributed by atoms with Gasteiger partial charge in [0.25, 0.3) is 11.4 Å². The van der Waals surface area contributed by atoms with Gasteiger partial charge >= 0.3 is 6.18 Å². The largest absolute Gasteiger partial charge is 0.418 e. The Labute approximate surface area is 136 Å². The molecule has 0 unspecified atom stereocenters. The number of nitrogens with zero attached hydrogens (tertiary/aromatic N) is 3. The first-order chi connectivity index (χ1) is 10.8. The molecule has 3 heterocycles. The van der Waals surface area contributed by atoms with Crippen LogP contribution in [-0.4, -0.2) is 14.8 Å². The highest BCUT2D eigenvalue weighted by atomic mass is 35.5. The van der Waals surface area contributed by atoms with Gasteiger partial charge in [0, 0.05) is 6.20 Å². The van der Waals surface area contributed by atoms with Crippen molar-refractivity contribution in [2.24, 2.45) is 0 Å². The van der Waals surface area contributed by atoms with Gasteiger partial charge in [0.1, 0.15) is 11.6 Å². The molecule has 3 aromatic heterocycles. The van der Waals surface area contributed by atoms with Crippen molar-refractivity contribution in [3.63, 3.8) is 0 Å². The van der Waals surface area contributed by atoms with Crippen LogP contribution in [0.4, 0.5) is 13.2 Å². The van der Waals surface area contributed by atoms with Gasteiger partial charge in [-0.2, -0.15) is 13.2 Å². The van der Waals surface area contributed by atoms with E-state index in [2.05, 4.69) is 10.2 Å². The van der Waals surface area contributed by atoms with E-state index in [1.165, 1.54) is 11.3 Å². The number of pyridine rings is 1. The quantitative estimate of drug-likeness (QED) is 0.714. The molecule has 0 atom stereocenters. The molecule has 0 aliphatic rings. The number of hydrogen-bond acceptors (Lipinski definition) is 5. The van der Waals surface area contributed by atoms with E-state index < -0.39 is 22.3 Å². The average molecular weight is 362 g/mol. The fourth-order valence-electron chi connectivity index (χ4n) is 1.83. The molecule has 10 heteroatoms. The van der Waals surface area contributed by atoms with Gasteiger partial charge in [-0.3, -0.25) is 4.79 Å². The number of alkyl halides is 3. The summed E-state index contributed by atoms with van der Waals surface area (Å²) in [5, 5.41) is 8.82. The highest BCUT2D eigenvalue weighted by Crippen LogP contribution is 2.30. The lowest BCUT2D eigenvalue weighted by atomic mass is 10.2. The first-order valence-electron chi connectivity index (χ1n) is 6.18. The van der Waals surface area contributed by atoms with Crippen LogP contribution in [-0.2, 0) is 12.7 Å². The Bertz CT molecular complexity index is 887. The minimum Gasteiger partial charge on any atom is -0.418 e. The number of halogens is 4. The summed E-state index contributed by atoms with van der Waals surface area (Å²) in [6.45, 7) is -0.305. The Morgan fingerprint density at radius 2 is 2.13 bits per heavy atom. The molecule has 0 radical (unpaired) electrons. The highest BCUT2D eigenvalue weighted by molar-refractivity contribution is 7.13. The van der Waals surface area contributed by atoms with Crippen molar-refractivity contribution in [3.05, 3.63) is 56.6 Å². The van der Waals surface area contributed by atoms with Crippen molar-refractivity contribution in [1.82, 2.24) is 14.8 Å². The molecule has 0 aliphatic carbocycles. The van der Waals surface area contributed by atoms with Crippen LogP contribution in [0.1, 0.15) is 11.5 Å². The van der Waals surface area contributed by atoms with E-state index in [1.807, 2.05) is 5.38 Å². The standard InChI is InChI=1S/C13H7ClF3N3O2S/c14-8-4-7(13(15,16)17)5-20(12(8)21)6-10-18-19-11(22-10)9-2-1-3-23-9/h1-5H,6H2. The smallest absolute Gasteiger partial charge is 0.417 e. The predicted molar refractivity (Wildman–Crippen MR) is 77.4 cm³/mol. The molecule has 23 heavy (non-hydrogen) atoms. The molecule has 3 aromatic rings. The van der Waals surface area contributed by atoms with Crippen LogP contribution >= 0.6 is 22.9 Å². The molecule has 0 saturated heterocycles. The third kappa shape index (κ3) is 3.30. The summed E-state index contributed by atoms with van der Waals surface area (Å²) in [4.78, 5) is 12.6. The van der Waals surface area contributed by atoms with Crippen molar-refractivity contribution >= 4 is 22.9 Å². The fraction of sp³-hybridized carbons (Fsp3) is 0.154. The zero-order valence-corrected chi connectivity index (χ0v) is 12.7. The SMILES string of the molecule is O=c1c(Cl)cc(C(F)(F)F)cn1Cc1nnc(-c2cccs2)o1. The fourth-order valence-corrected chi connectivity index (χ4v) is 2.71. The average Bonchev–Trinajstić information content (AvgIpc) is 3.13. The predicted octanol–water partition coefficient (Wildman–Crippen LogP) is 3.68. The van der Waals surface area contributed by atoms with Crippen molar-refractivity contribution in [3.8, 4) is 10.8 Å². The summed E-state index contributed by atoms with van der Waals surface area (Å²) in [6.07, 6.45) is -3.95. The Morgan fingerprint density at radius 1 is 1.35 bits per heavy atom. The van der Waals surface area contributed by atoms with Crippen LogP contribution in [0, 0.1) is 0 Å². The normalized spacial score (nSPS) is 11.8. The molecule has 3 rings (SSSR count). The molecule has 0 saturated carbocycles. The Morgan fingerprint density at radius 3 is 2.78 bits per heavy atom. The summed E-state index contributed by atoms with van der Waals surface area (Å²) in [5.74, 6) is 0.243. The van der Waals surface area contributed by atoms with Crippen molar-refractivity contribution in [1.29, 1.82) is 0 Å². The van der Waals surface area contributed by atoms with Crippen molar-refractivity contribution < 1.29 is 17.6 Å². The van der Waals surface area contributed by atoms with Crippen molar-refractivity contribution in [2.45, 2.75) is 12.7 Å². The lowest BCUT2D eigenvalue weighted by Gasteiger charge is -2.10. The van der Waals surface area contributed by atoms with Gasteiger partial charge in [-0.05, 0) is 17.5 Å². The molecule has 0 N–H and O–H groups in total. The topological polar surface area (TPSA) is 60.9 Å². The molecular weight excluding hydrogens is 355 g/mol.